The van der Waals surface area contributed by atoms with Gasteiger partial charge in [0.2, 0.25) is 11.9 Å². The lowest BCUT2D eigenvalue weighted by Crippen LogP contribution is -2.18. The zero-order valence-electron chi connectivity index (χ0n) is 18.4. The summed E-state index contributed by atoms with van der Waals surface area (Å²) in [6.07, 6.45) is 0.231. The van der Waals surface area contributed by atoms with Crippen LogP contribution in [0.15, 0.2) is 46.1 Å². The summed E-state index contributed by atoms with van der Waals surface area (Å²) in [7, 11) is 0. The van der Waals surface area contributed by atoms with Crippen molar-refractivity contribution in [3.63, 3.8) is 0 Å². The molecule has 1 aliphatic carbocycles. The highest BCUT2D eigenvalue weighted by atomic mass is 16.6. The van der Waals surface area contributed by atoms with Crippen molar-refractivity contribution in [2.75, 3.05) is 0 Å². The number of hydrogen-bond acceptors (Lipinski definition) is 8. The average molecular weight is 446 g/mol. The van der Waals surface area contributed by atoms with Crippen molar-refractivity contribution in [1.29, 1.82) is 5.26 Å². The Morgan fingerprint density at radius 2 is 2.00 bits per heavy atom. The van der Waals surface area contributed by atoms with E-state index in [2.05, 4.69) is 21.4 Å². The van der Waals surface area contributed by atoms with Crippen molar-refractivity contribution in [2.24, 2.45) is 5.16 Å². The number of fused-ring (bicyclic) bond motifs is 1. The molecule has 0 radical (unpaired) electrons. The molecule has 0 saturated carbocycles. The van der Waals surface area contributed by atoms with Crippen LogP contribution in [0, 0.1) is 11.3 Å². The van der Waals surface area contributed by atoms with Gasteiger partial charge in [-0.2, -0.15) is 10.2 Å². The number of benzene rings is 2. The van der Waals surface area contributed by atoms with Crippen molar-refractivity contribution in [2.45, 2.75) is 45.8 Å². The molecule has 1 aromatic heterocycles. The fraction of sp³-hybridized carbons (Fsp3) is 0.292. The smallest absolute Gasteiger partial charge is 0.347 e. The number of carbonyl (C=O) groups is 1. The van der Waals surface area contributed by atoms with Crippen molar-refractivity contribution < 1.29 is 24.0 Å². The number of carboxylic acids is 1. The highest BCUT2D eigenvalue weighted by molar-refractivity contribution is 6.05. The van der Waals surface area contributed by atoms with E-state index in [4.69, 9.17) is 19.2 Å². The van der Waals surface area contributed by atoms with Gasteiger partial charge in [0.25, 0.3) is 5.89 Å². The van der Waals surface area contributed by atoms with Crippen LogP contribution >= 0.6 is 0 Å². The van der Waals surface area contributed by atoms with E-state index in [1.807, 2.05) is 32.0 Å². The van der Waals surface area contributed by atoms with Crippen LogP contribution in [0.25, 0.3) is 22.8 Å². The predicted molar refractivity (Wildman–Crippen MR) is 119 cm³/mol. The van der Waals surface area contributed by atoms with Gasteiger partial charge in [0.1, 0.15) is 11.8 Å². The first kappa shape index (κ1) is 22.0. The van der Waals surface area contributed by atoms with Crippen molar-refractivity contribution in [3.05, 3.63) is 53.1 Å². The monoisotopic (exact) mass is 446 g/mol. The minimum Gasteiger partial charge on any atom is -0.490 e. The van der Waals surface area contributed by atoms with E-state index in [9.17, 15) is 10.1 Å². The molecule has 4 rings (SSSR count). The molecule has 1 heterocycles. The van der Waals surface area contributed by atoms with Crippen molar-refractivity contribution in [1.82, 2.24) is 10.1 Å². The Kier molecular flexibility index (Phi) is 6.09. The first-order valence-corrected chi connectivity index (χ1v) is 10.5. The van der Waals surface area contributed by atoms with Gasteiger partial charge < -0.3 is 19.2 Å². The van der Waals surface area contributed by atoms with Crippen LogP contribution in [0.5, 0.6) is 5.75 Å². The van der Waals surface area contributed by atoms with Crippen molar-refractivity contribution >= 4 is 11.7 Å². The summed E-state index contributed by atoms with van der Waals surface area (Å²) >= 11 is 0. The number of aromatic nitrogens is 2. The van der Waals surface area contributed by atoms with Gasteiger partial charge in [-0.1, -0.05) is 28.5 Å². The molecule has 0 fully saturated rings. The highest BCUT2D eigenvalue weighted by Crippen LogP contribution is 2.33. The molecule has 2 aromatic carbocycles. The van der Waals surface area contributed by atoms with Gasteiger partial charge >= 0.3 is 5.97 Å². The van der Waals surface area contributed by atoms with Gasteiger partial charge in [-0.3, -0.25) is 0 Å². The summed E-state index contributed by atoms with van der Waals surface area (Å²) in [5.41, 5.74) is 4.36. The maximum atomic E-state index is 11.0. The standard InChI is InChI=1S/C24H22N4O5/c1-13(2)31-21-10-7-15(11-16(21)12-25)23-26-22(28-33-23)19-6-4-5-18-17(19)8-9-20(18)27-32-14(3)24(29)30/h4-7,10-11,13-14H,8-9H2,1-3H3,(H,29,30). The largest absolute Gasteiger partial charge is 0.490 e. The molecule has 3 aromatic rings. The highest BCUT2D eigenvalue weighted by Gasteiger charge is 2.25. The lowest BCUT2D eigenvalue weighted by molar-refractivity contribution is -0.149. The van der Waals surface area contributed by atoms with E-state index in [0.29, 0.717) is 47.1 Å². The third-order valence-electron chi connectivity index (χ3n) is 5.14. The summed E-state index contributed by atoms with van der Waals surface area (Å²) in [4.78, 5) is 20.6. The number of hydrogen-bond donors (Lipinski definition) is 1. The second-order valence-corrected chi connectivity index (χ2v) is 7.87. The first-order chi connectivity index (χ1) is 15.9. The molecule has 0 aliphatic heterocycles. The predicted octanol–water partition coefficient (Wildman–Crippen LogP) is 4.20. The second-order valence-electron chi connectivity index (χ2n) is 7.87. The maximum absolute atomic E-state index is 11.0. The molecular weight excluding hydrogens is 424 g/mol. The van der Waals surface area contributed by atoms with E-state index in [1.54, 1.807) is 18.2 Å². The minimum absolute atomic E-state index is 0.0516. The van der Waals surface area contributed by atoms with E-state index >= 15 is 0 Å². The molecule has 1 unspecified atom stereocenters. The normalized spacial score (nSPS) is 14.7. The van der Waals surface area contributed by atoms with E-state index in [-0.39, 0.29) is 6.10 Å². The van der Waals surface area contributed by atoms with Crippen LogP contribution < -0.4 is 4.74 Å². The summed E-state index contributed by atoms with van der Waals surface area (Å²) in [6, 6.07) is 13.0. The van der Waals surface area contributed by atoms with E-state index < -0.39 is 12.1 Å². The quantitative estimate of drug-likeness (QED) is 0.534. The van der Waals surface area contributed by atoms with Crippen molar-refractivity contribution in [3.8, 4) is 34.7 Å². The summed E-state index contributed by atoms with van der Waals surface area (Å²) in [6.45, 7) is 5.22. The van der Waals surface area contributed by atoms with E-state index in [0.717, 1.165) is 16.7 Å². The molecule has 0 amide bonds. The number of nitriles is 1. The fourth-order valence-electron chi connectivity index (χ4n) is 3.55. The van der Waals surface area contributed by atoms with Gasteiger partial charge in [-0.25, -0.2) is 4.79 Å². The van der Waals surface area contributed by atoms with Gasteiger partial charge in [0, 0.05) is 16.7 Å². The number of carboxylic acid groups (broad SMARTS) is 1. The van der Waals surface area contributed by atoms with Gasteiger partial charge in [0.05, 0.1) is 17.4 Å². The lowest BCUT2D eigenvalue weighted by atomic mass is 10.0. The third-order valence-corrected chi connectivity index (χ3v) is 5.14. The summed E-state index contributed by atoms with van der Waals surface area (Å²) in [5.74, 6) is 0.141. The molecule has 1 N–H and O–H groups in total. The Morgan fingerprint density at radius 3 is 2.73 bits per heavy atom. The average Bonchev–Trinajstić information content (AvgIpc) is 3.44. The van der Waals surface area contributed by atoms with Crippen LogP contribution in [-0.2, 0) is 16.1 Å². The third kappa shape index (κ3) is 4.55. The number of rotatable bonds is 7. The number of aliphatic carboxylic acids is 1. The lowest BCUT2D eigenvalue weighted by Gasteiger charge is -2.11. The van der Waals surface area contributed by atoms with Gasteiger partial charge in [0.15, 0.2) is 0 Å². The molecule has 1 aliphatic rings. The van der Waals surface area contributed by atoms with Crippen LogP contribution in [0.4, 0.5) is 0 Å². The number of ether oxygens (including phenoxy) is 1. The molecule has 0 spiro atoms. The minimum atomic E-state index is -1.07. The van der Waals surface area contributed by atoms with Gasteiger partial charge in [-0.05, 0) is 57.4 Å². The van der Waals surface area contributed by atoms with Crippen LogP contribution in [0.2, 0.25) is 0 Å². The zero-order valence-corrected chi connectivity index (χ0v) is 18.4. The molecule has 9 nitrogen and oxygen atoms in total. The molecule has 9 heteroatoms. The molecule has 168 valence electrons. The molecular formula is C24H22N4O5. The molecule has 0 saturated heterocycles. The van der Waals surface area contributed by atoms with E-state index in [1.165, 1.54) is 6.92 Å². The topological polar surface area (TPSA) is 131 Å². The first-order valence-electron chi connectivity index (χ1n) is 10.5. The zero-order chi connectivity index (χ0) is 23.5. The summed E-state index contributed by atoms with van der Waals surface area (Å²) < 4.78 is 11.2. The Labute approximate surface area is 190 Å². The summed E-state index contributed by atoms with van der Waals surface area (Å²) in [5, 5.41) is 26.6. The Morgan fingerprint density at radius 1 is 1.21 bits per heavy atom. The molecule has 0 bridgehead atoms. The van der Waals surface area contributed by atoms with Crippen LogP contribution in [-0.4, -0.2) is 39.1 Å². The van der Waals surface area contributed by atoms with Crippen LogP contribution in [0.3, 0.4) is 0 Å². The second kappa shape index (κ2) is 9.12. The Hall–Kier alpha value is -4.19. The van der Waals surface area contributed by atoms with Crippen LogP contribution in [0.1, 0.15) is 43.9 Å². The Balaban J connectivity index is 1.63. The number of oxime groups is 1. The SMILES string of the molecule is CC(C)Oc1ccc(-c2nc(-c3cccc4c3CCC4=NOC(C)C(=O)O)no2)cc1C#N. The maximum Gasteiger partial charge on any atom is 0.347 e. The fourth-order valence-corrected chi connectivity index (χ4v) is 3.55. The molecule has 1 atom stereocenters. The number of nitrogens with zero attached hydrogens (tertiary/aromatic N) is 4. The van der Waals surface area contributed by atoms with Gasteiger partial charge in [-0.15, -0.1) is 0 Å². The molecule has 33 heavy (non-hydrogen) atoms. The Bertz CT molecular complexity index is 1270.